The van der Waals surface area contributed by atoms with Gasteiger partial charge in [-0.3, -0.25) is 4.98 Å². The second-order valence-electron chi connectivity index (χ2n) is 17.4. The first kappa shape index (κ1) is 39.5. The van der Waals surface area contributed by atoms with Crippen LogP contribution in [-0.2, 0) is 26.5 Å². The fraction of sp³-hybridized carbons (Fsp3) is 0.300. The fourth-order valence-corrected chi connectivity index (χ4v) is 10.3. The molecule has 0 fully saturated rings. The maximum atomic E-state index is 8.76. The molecule has 0 aliphatic carbocycles. The first-order valence-electron chi connectivity index (χ1n) is 20.7. The maximum Gasteiger partial charge on any atom is 0 e. The van der Waals surface area contributed by atoms with Crippen LogP contribution in [0.1, 0.15) is 85.4 Å². The van der Waals surface area contributed by atoms with Gasteiger partial charge < -0.3 is 8.98 Å². The van der Waals surface area contributed by atoms with Crippen molar-refractivity contribution in [1.29, 1.82) is 0 Å². The van der Waals surface area contributed by atoms with Gasteiger partial charge in [0.15, 0.2) is 0 Å². The van der Waals surface area contributed by atoms with E-state index < -0.39 is 25.1 Å². The summed E-state index contributed by atoms with van der Waals surface area (Å²) in [5, 5.41) is 2.04. The number of aryl methyl sites for hydroxylation is 1. The molecule has 1 radical (unpaired) electrons. The summed E-state index contributed by atoms with van der Waals surface area (Å²) in [5.74, 6) is 8.41. The third kappa shape index (κ3) is 8.89. The molecule has 8 rings (SSSR count). The average Bonchev–Trinajstić information content (AvgIpc) is 3.75. The Morgan fingerprint density at radius 3 is 2.16 bits per heavy atom. The van der Waals surface area contributed by atoms with Gasteiger partial charge in [-0.25, -0.2) is 4.98 Å². The van der Waals surface area contributed by atoms with E-state index in [1.807, 2.05) is 82.4 Å². The van der Waals surface area contributed by atoms with Gasteiger partial charge in [0.1, 0.15) is 0 Å². The van der Waals surface area contributed by atoms with Crippen molar-refractivity contribution in [3.63, 3.8) is 0 Å². The Balaban J connectivity index is 0.000000213. The normalized spacial score (nSPS) is 12.8. The topological polar surface area (TPSA) is 56.7 Å². The third-order valence-electron chi connectivity index (χ3n) is 9.99. The quantitative estimate of drug-likeness (QED) is 0.118. The second-order valence-corrected chi connectivity index (χ2v) is 27.9. The van der Waals surface area contributed by atoms with Crippen molar-refractivity contribution in [2.24, 2.45) is 5.41 Å². The molecule has 0 saturated heterocycles. The van der Waals surface area contributed by atoms with E-state index in [1.54, 1.807) is 0 Å². The monoisotopic (exact) mass is 995 g/mol. The summed E-state index contributed by atoms with van der Waals surface area (Å²) in [6.45, 7) is 16.9. The summed E-state index contributed by atoms with van der Waals surface area (Å²) in [7, 11) is 0. The van der Waals surface area contributed by atoms with Crippen LogP contribution < -0.4 is 4.40 Å². The summed E-state index contributed by atoms with van der Waals surface area (Å²) in [6, 6.07) is 39.5. The Labute approximate surface area is 357 Å². The van der Waals surface area contributed by atoms with Gasteiger partial charge >= 0.3 is 135 Å². The van der Waals surface area contributed by atoms with E-state index in [2.05, 4.69) is 120 Å². The Bertz CT molecular complexity index is 2730. The van der Waals surface area contributed by atoms with Gasteiger partial charge in [-0.15, -0.1) is 18.2 Å². The zero-order valence-electron chi connectivity index (χ0n) is 37.0. The van der Waals surface area contributed by atoms with E-state index in [-0.39, 0.29) is 20.1 Å². The molecular weight excluding hydrogens is 937 g/mol. The molecule has 0 N–H and O–H groups in total. The van der Waals surface area contributed by atoms with Gasteiger partial charge in [0.25, 0.3) is 0 Å². The number of rotatable bonds is 7. The van der Waals surface area contributed by atoms with Crippen LogP contribution in [0.15, 0.2) is 108 Å². The van der Waals surface area contributed by atoms with Crippen LogP contribution in [0, 0.1) is 24.5 Å². The molecule has 0 bridgehead atoms. The molecule has 8 aromatic rings. The van der Waals surface area contributed by atoms with E-state index in [1.165, 1.54) is 16.8 Å². The SMILES string of the molecule is Cc1ccc2c(n1)oc1c(-c3nc4ccccc4n3-c3c(C(C)C)cccc3C(C)C)[c-]ccc12.[2H]C([2H])(c1cc(-c2[c-]cccc2)nc[c]1[Ge]([CH3])([CH3])[CH3])C(C)(C)C.[Ir]. The van der Waals surface area contributed by atoms with E-state index in [0.717, 1.165) is 65.7 Å². The molecule has 0 amide bonds. The van der Waals surface area contributed by atoms with E-state index in [0.29, 0.717) is 17.5 Å². The smallest absolute Gasteiger partial charge is 0 e. The van der Waals surface area contributed by atoms with Crippen LogP contribution >= 0.6 is 0 Å². The van der Waals surface area contributed by atoms with Crippen LogP contribution in [0.5, 0.6) is 0 Å². The summed E-state index contributed by atoms with van der Waals surface area (Å²) in [4.78, 5) is 14.4. The predicted molar refractivity (Wildman–Crippen MR) is 238 cm³/mol. The van der Waals surface area contributed by atoms with Gasteiger partial charge in [-0.2, -0.15) is 0 Å². The minimum Gasteiger partial charge on any atom is 0 e. The number of pyridine rings is 2. The van der Waals surface area contributed by atoms with Crippen molar-refractivity contribution in [1.82, 2.24) is 19.5 Å². The minimum absolute atomic E-state index is 0. The predicted octanol–water partition coefficient (Wildman–Crippen LogP) is 13.0. The molecule has 5 nitrogen and oxygen atoms in total. The summed E-state index contributed by atoms with van der Waals surface area (Å²) in [6.07, 6.45) is 0.502. The van der Waals surface area contributed by atoms with E-state index in [4.69, 9.17) is 12.1 Å². The van der Waals surface area contributed by atoms with Gasteiger partial charge in [0.05, 0.1) is 22.4 Å². The molecule has 57 heavy (non-hydrogen) atoms. The van der Waals surface area contributed by atoms with Crippen molar-refractivity contribution in [2.45, 2.75) is 90.9 Å². The molecule has 295 valence electrons. The molecule has 0 saturated carbocycles. The zero-order valence-corrected chi connectivity index (χ0v) is 39.5. The largest absolute Gasteiger partial charge is 0 e. The number of nitrogens with zero attached hydrogens (tertiary/aromatic N) is 4. The van der Waals surface area contributed by atoms with Gasteiger partial charge in [-0.1, -0.05) is 69.0 Å². The van der Waals surface area contributed by atoms with Crippen LogP contribution in [0.4, 0.5) is 0 Å². The maximum absolute atomic E-state index is 8.76. The molecule has 0 aliphatic heterocycles. The van der Waals surface area contributed by atoms with Gasteiger partial charge in [0.2, 0.25) is 5.71 Å². The standard InChI is InChI=1S/C31H28N3O.C19H26GeN.Ir/c1-18(2)21-10-8-11-22(19(3)4)28(21)34-27-15-7-6-14-26(27)33-30(34)25-13-9-12-23-24-17-16-20(5)32-31(24)35-29(23)25;1-19(2,3)13-16-12-18(15-10-8-7-9-11-15)21-14-17(16)20(4,5)6;/h6-12,14-19H,1-5H3;7-10,12,14H,13H2,1-6H3;/q2*-1;/i;13D2;. The van der Waals surface area contributed by atoms with Crippen LogP contribution in [0.3, 0.4) is 0 Å². The van der Waals surface area contributed by atoms with Crippen molar-refractivity contribution in [3.8, 4) is 28.3 Å². The molecule has 4 aromatic carbocycles. The molecule has 4 heterocycles. The van der Waals surface area contributed by atoms with Crippen molar-refractivity contribution < 1.29 is 27.3 Å². The number of para-hydroxylation sites is 3. The first-order valence-corrected chi connectivity index (χ1v) is 27.0. The van der Waals surface area contributed by atoms with Gasteiger partial charge in [0, 0.05) is 36.9 Å². The van der Waals surface area contributed by atoms with Crippen molar-refractivity contribution in [3.05, 3.63) is 138 Å². The van der Waals surface area contributed by atoms with Crippen LogP contribution in [0.2, 0.25) is 17.3 Å². The first-order chi connectivity index (χ1) is 27.4. The van der Waals surface area contributed by atoms with E-state index >= 15 is 0 Å². The average molecular weight is 994 g/mol. The molecule has 7 heteroatoms. The fourth-order valence-electron chi connectivity index (χ4n) is 7.33. The van der Waals surface area contributed by atoms with Crippen molar-refractivity contribution in [2.75, 3.05) is 0 Å². The minimum atomic E-state index is -2.24. The Morgan fingerprint density at radius 2 is 1.51 bits per heavy atom. The number of hydrogen-bond donors (Lipinski definition) is 0. The Hall–Kier alpha value is -4.36. The van der Waals surface area contributed by atoms with E-state index in [9.17, 15) is 0 Å². The Kier molecular flexibility index (Phi) is 11.7. The molecular formula is C50H54GeIrN4O-2. The summed E-state index contributed by atoms with van der Waals surface area (Å²) in [5.41, 5.74) is 11.1. The number of aromatic nitrogens is 4. The van der Waals surface area contributed by atoms with Crippen LogP contribution in [-0.4, -0.2) is 32.8 Å². The third-order valence-corrected chi connectivity index (χ3v) is 14.2. The molecule has 0 atom stereocenters. The zero-order chi connectivity index (χ0) is 41.7. The number of benzene rings is 4. The molecule has 0 aliphatic rings. The Morgan fingerprint density at radius 1 is 0.807 bits per heavy atom. The second kappa shape index (κ2) is 16.9. The van der Waals surface area contributed by atoms with Crippen LogP contribution in [0.25, 0.3) is 61.4 Å². The molecule has 0 unspecified atom stereocenters. The van der Waals surface area contributed by atoms with Crippen molar-refractivity contribution >= 4 is 50.8 Å². The molecule has 4 aromatic heterocycles. The molecule has 0 spiro atoms. The summed E-state index contributed by atoms with van der Waals surface area (Å²) >= 11 is -2.24. The number of imidazole rings is 1. The van der Waals surface area contributed by atoms with Gasteiger partial charge in [-0.05, 0) is 54.2 Å². The summed E-state index contributed by atoms with van der Waals surface area (Å²) < 4.78 is 27.3. The number of furan rings is 1. The number of hydrogen-bond acceptors (Lipinski definition) is 4. The number of fused-ring (bicyclic) bond motifs is 4.